The molecule has 7 nitrogen and oxygen atoms in total. The van der Waals surface area contributed by atoms with Crippen LogP contribution in [0.1, 0.15) is 28.9 Å². The Kier molecular flexibility index (Phi) is 8.22. The first-order valence-corrected chi connectivity index (χ1v) is 8.96. The predicted octanol–water partition coefficient (Wildman–Crippen LogP) is 1.52. The van der Waals surface area contributed by atoms with Crippen LogP contribution in [0.5, 0.6) is 11.5 Å². The lowest BCUT2D eigenvalue weighted by Crippen LogP contribution is -2.27. The van der Waals surface area contributed by atoms with Gasteiger partial charge in [0.05, 0.1) is 13.7 Å². The van der Waals surface area contributed by atoms with Crippen LogP contribution >= 0.6 is 0 Å². The zero-order chi connectivity index (χ0) is 20.7. The van der Waals surface area contributed by atoms with Gasteiger partial charge in [0.2, 0.25) is 0 Å². The molecule has 7 heteroatoms. The molecule has 2 aromatic rings. The summed E-state index contributed by atoms with van der Waals surface area (Å²) in [5, 5.41) is 38.8. The van der Waals surface area contributed by atoms with Gasteiger partial charge in [0.15, 0.2) is 0 Å². The topological polar surface area (TPSA) is 109 Å². The third-order valence-corrected chi connectivity index (χ3v) is 4.56. The van der Waals surface area contributed by atoms with Crippen LogP contribution in [0.3, 0.4) is 0 Å². The number of rotatable bonds is 10. The van der Waals surface area contributed by atoms with E-state index in [4.69, 9.17) is 19.3 Å². The van der Waals surface area contributed by atoms with Gasteiger partial charge in [-0.2, -0.15) is 0 Å². The Bertz CT molecular complexity index is 732. The fourth-order valence-electron chi connectivity index (χ4n) is 2.88. The number of aliphatic hydroxyl groups excluding tert-OH is 4. The molecule has 0 spiro atoms. The maximum atomic E-state index is 10.5. The summed E-state index contributed by atoms with van der Waals surface area (Å²) < 4.78 is 16.4. The molecule has 4 unspecified atom stereocenters. The van der Waals surface area contributed by atoms with Gasteiger partial charge in [0, 0.05) is 7.11 Å². The molecule has 4 atom stereocenters. The first kappa shape index (κ1) is 22.1. The van der Waals surface area contributed by atoms with Gasteiger partial charge in [-0.1, -0.05) is 24.3 Å². The highest BCUT2D eigenvalue weighted by molar-refractivity contribution is 5.38. The van der Waals surface area contributed by atoms with Gasteiger partial charge in [-0.25, -0.2) is 0 Å². The van der Waals surface area contributed by atoms with Crippen LogP contribution in [-0.4, -0.2) is 60.1 Å². The minimum absolute atomic E-state index is 0.00410. The van der Waals surface area contributed by atoms with Gasteiger partial charge >= 0.3 is 0 Å². The van der Waals surface area contributed by atoms with E-state index in [2.05, 4.69) is 0 Å². The molecule has 0 saturated heterocycles. The first-order chi connectivity index (χ1) is 13.4. The van der Waals surface area contributed by atoms with Crippen LogP contribution in [0.4, 0.5) is 0 Å². The Balaban J connectivity index is 2.01. The first-order valence-electron chi connectivity index (χ1n) is 8.96. The number of ether oxygens (including phenoxy) is 3. The Hall–Kier alpha value is -2.16. The van der Waals surface area contributed by atoms with E-state index in [1.807, 2.05) is 25.1 Å². The summed E-state index contributed by atoms with van der Waals surface area (Å²) in [4.78, 5) is 0. The third-order valence-electron chi connectivity index (χ3n) is 4.56. The van der Waals surface area contributed by atoms with Crippen molar-refractivity contribution < 1.29 is 34.6 Å². The predicted molar refractivity (Wildman–Crippen MR) is 103 cm³/mol. The molecule has 2 rings (SSSR count). The standard InChI is InChI=1S/C21H28O7/c1-13-4-5-15(10-19(13)26-2)21(27-3)18(24)12-28-16-8-6-14(7-9-16)20(25)17(23)11-22/h4-10,17-18,20-25H,11-12H2,1-3H3. The van der Waals surface area contributed by atoms with E-state index in [1.54, 1.807) is 31.4 Å². The van der Waals surface area contributed by atoms with Crippen LogP contribution in [0.15, 0.2) is 42.5 Å². The molecule has 2 aromatic carbocycles. The molecule has 0 aliphatic carbocycles. The smallest absolute Gasteiger partial charge is 0.122 e. The molecule has 28 heavy (non-hydrogen) atoms. The van der Waals surface area contributed by atoms with Crippen LogP contribution in [0.25, 0.3) is 0 Å². The lowest BCUT2D eigenvalue weighted by molar-refractivity contribution is -0.0343. The van der Waals surface area contributed by atoms with E-state index in [0.717, 1.165) is 11.1 Å². The van der Waals surface area contributed by atoms with Crippen molar-refractivity contribution in [1.29, 1.82) is 0 Å². The number of hydrogen-bond donors (Lipinski definition) is 4. The third kappa shape index (κ3) is 5.43. The normalized spacial score (nSPS) is 15.5. The van der Waals surface area contributed by atoms with Crippen molar-refractivity contribution in [3.63, 3.8) is 0 Å². The summed E-state index contributed by atoms with van der Waals surface area (Å²) in [7, 11) is 3.11. The molecule has 0 aromatic heterocycles. The minimum Gasteiger partial charge on any atom is -0.496 e. The number of benzene rings is 2. The maximum Gasteiger partial charge on any atom is 0.122 e. The van der Waals surface area contributed by atoms with Crippen molar-refractivity contribution >= 4 is 0 Å². The summed E-state index contributed by atoms with van der Waals surface area (Å²) in [6, 6.07) is 12.0. The highest BCUT2D eigenvalue weighted by Crippen LogP contribution is 2.28. The van der Waals surface area contributed by atoms with E-state index in [9.17, 15) is 15.3 Å². The number of hydrogen-bond acceptors (Lipinski definition) is 7. The average Bonchev–Trinajstić information content (AvgIpc) is 2.73. The molecule has 0 aliphatic rings. The van der Waals surface area contributed by atoms with Crippen LogP contribution < -0.4 is 9.47 Å². The van der Waals surface area contributed by atoms with Crippen molar-refractivity contribution in [2.24, 2.45) is 0 Å². The van der Waals surface area contributed by atoms with Gasteiger partial charge < -0.3 is 34.6 Å². The van der Waals surface area contributed by atoms with Crippen molar-refractivity contribution in [3.8, 4) is 11.5 Å². The molecule has 0 amide bonds. The average molecular weight is 392 g/mol. The van der Waals surface area contributed by atoms with Gasteiger partial charge in [-0.15, -0.1) is 0 Å². The lowest BCUT2D eigenvalue weighted by atomic mass is 10.0. The molecular formula is C21H28O7. The molecule has 4 N–H and O–H groups in total. The number of aliphatic hydroxyl groups is 4. The Morgan fingerprint density at radius 2 is 1.54 bits per heavy atom. The van der Waals surface area contributed by atoms with Crippen LogP contribution in [-0.2, 0) is 4.74 Å². The SMILES string of the molecule is COc1cc(C(OC)C(O)COc2ccc(C(O)C(O)CO)cc2)ccc1C. The summed E-state index contributed by atoms with van der Waals surface area (Å²) >= 11 is 0. The van der Waals surface area contributed by atoms with Gasteiger partial charge in [-0.05, 0) is 41.8 Å². The molecule has 0 saturated carbocycles. The zero-order valence-electron chi connectivity index (χ0n) is 16.3. The van der Waals surface area contributed by atoms with Crippen molar-refractivity contribution in [2.75, 3.05) is 27.4 Å². The second-order valence-corrected chi connectivity index (χ2v) is 6.53. The molecular weight excluding hydrogens is 364 g/mol. The van der Waals surface area contributed by atoms with E-state index >= 15 is 0 Å². The molecule has 0 aliphatic heterocycles. The quantitative estimate of drug-likeness (QED) is 0.485. The number of methoxy groups -OCH3 is 2. The van der Waals surface area contributed by atoms with E-state index in [0.29, 0.717) is 17.1 Å². The van der Waals surface area contributed by atoms with Crippen molar-refractivity contribution in [3.05, 3.63) is 59.2 Å². The van der Waals surface area contributed by atoms with Crippen LogP contribution in [0, 0.1) is 6.92 Å². The Morgan fingerprint density at radius 1 is 0.893 bits per heavy atom. The summed E-state index contributed by atoms with van der Waals surface area (Å²) in [5.74, 6) is 1.21. The van der Waals surface area contributed by atoms with Gasteiger partial charge in [0.1, 0.15) is 42.5 Å². The maximum absolute atomic E-state index is 10.5. The fraction of sp³-hybridized carbons (Fsp3) is 0.429. The molecule has 0 fully saturated rings. The van der Waals surface area contributed by atoms with Gasteiger partial charge in [-0.3, -0.25) is 0 Å². The number of aryl methyl sites for hydroxylation is 1. The van der Waals surface area contributed by atoms with Crippen molar-refractivity contribution in [1.82, 2.24) is 0 Å². The van der Waals surface area contributed by atoms with E-state index < -0.39 is 31.0 Å². The van der Waals surface area contributed by atoms with Crippen LogP contribution in [0.2, 0.25) is 0 Å². The Morgan fingerprint density at radius 3 is 2.11 bits per heavy atom. The Labute approximate surface area is 164 Å². The zero-order valence-corrected chi connectivity index (χ0v) is 16.3. The highest BCUT2D eigenvalue weighted by Gasteiger charge is 2.23. The fourth-order valence-corrected chi connectivity index (χ4v) is 2.88. The highest BCUT2D eigenvalue weighted by atomic mass is 16.5. The summed E-state index contributed by atoms with van der Waals surface area (Å²) in [6.45, 7) is 1.40. The molecule has 0 heterocycles. The van der Waals surface area contributed by atoms with Crippen molar-refractivity contribution in [2.45, 2.75) is 31.3 Å². The molecule has 0 bridgehead atoms. The second kappa shape index (κ2) is 10.4. The second-order valence-electron chi connectivity index (χ2n) is 6.53. The minimum atomic E-state index is -1.25. The summed E-state index contributed by atoms with van der Waals surface area (Å²) in [5.41, 5.74) is 2.22. The summed E-state index contributed by atoms with van der Waals surface area (Å²) in [6.07, 6.45) is -3.93. The molecule has 0 radical (unpaired) electrons. The monoisotopic (exact) mass is 392 g/mol. The van der Waals surface area contributed by atoms with E-state index in [-0.39, 0.29) is 6.61 Å². The largest absolute Gasteiger partial charge is 0.496 e. The molecule has 154 valence electrons. The van der Waals surface area contributed by atoms with E-state index in [1.165, 1.54) is 7.11 Å². The lowest BCUT2D eigenvalue weighted by Gasteiger charge is -2.23. The van der Waals surface area contributed by atoms with Gasteiger partial charge in [0.25, 0.3) is 0 Å².